The first-order chi connectivity index (χ1) is 14.1. The number of para-hydroxylation sites is 1. The van der Waals surface area contributed by atoms with E-state index >= 15 is 0 Å². The lowest BCUT2D eigenvalue weighted by atomic mass is 9.94. The molecule has 4 rings (SSSR count). The van der Waals surface area contributed by atoms with Crippen molar-refractivity contribution in [3.05, 3.63) is 59.1 Å². The van der Waals surface area contributed by atoms with Crippen molar-refractivity contribution < 1.29 is 9.53 Å². The molecule has 1 N–H and O–H groups in total. The molecule has 0 radical (unpaired) electrons. The number of rotatable bonds is 6. The Morgan fingerprint density at radius 3 is 2.41 bits per heavy atom. The van der Waals surface area contributed by atoms with Crippen molar-refractivity contribution in [1.29, 1.82) is 0 Å². The Morgan fingerprint density at radius 1 is 1.03 bits per heavy atom. The van der Waals surface area contributed by atoms with Crippen LogP contribution in [0.15, 0.2) is 48.5 Å². The lowest BCUT2D eigenvalue weighted by molar-refractivity contribution is -0.134. The molecule has 1 saturated heterocycles. The third kappa shape index (κ3) is 4.59. The Morgan fingerprint density at radius 2 is 1.72 bits per heavy atom. The lowest BCUT2D eigenvalue weighted by Gasteiger charge is -2.47. The molecule has 0 bridgehead atoms. The van der Waals surface area contributed by atoms with Crippen LogP contribution in [0.5, 0.6) is 5.75 Å². The highest BCUT2D eigenvalue weighted by Crippen LogP contribution is 2.33. The average Bonchev–Trinajstić information content (AvgIpc) is 3.00. The van der Waals surface area contributed by atoms with Gasteiger partial charge in [0.05, 0.1) is 6.04 Å². The SMILES string of the molecule is Cc1ccccc1N1C(=O)[C@H](Oc2ccc(Cl)cc2)[C@@H]1CNC1CCCCCC1. The van der Waals surface area contributed by atoms with E-state index in [9.17, 15) is 4.79 Å². The minimum Gasteiger partial charge on any atom is -0.478 e. The number of amides is 1. The van der Waals surface area contributed by atoms with Crippen LogP contribution in [-0.4, -0.2) is 30.6 Å². The minimum absolute atomic E-state index is 0.0157. The number of hydrogen-bond donors (Lipinski definition) is 1. The smallest absolute Gasteiger partial charge is 0.270 e. The molecule has 2 fully saturated rings. The van der Waals surface area contributed by atoms with Crippen molar-refractivity contribution in [2.75, 3.05) is 11.4 Å². The lowest BCUT2D eigenvalue weighted by Crippen LogP contribution is -2.70. The fourth-order valence-electron chi connectivity index (χ4n) is 4.41. The highest BCUT2D eigenvalue weighted by Gasteiger charge is 2.50. The van der Waals surface area contributed by atoms with Crippen molar-refractivity contribution in [3.8, 4) is 5.75 Å². The summed E-state index contributed by atoms with van der Waals surface area (Å²) in [5.41, 5.74) is 2.08. The second-order valence-electron chi connectivity index (χ2n) is 8.15. The van der Waals surface area contributed by atoms with Gasteiger partial charge in [0.25, 0.3) is 5.91 Å². The average molecular weight is 413 g/mol. The van der Waals surface area contributed by atoms with Gasteiger partial charge in [-0.2, -0.15) is 0 Å². The predicted octanol–water partition coefficient (Wildman–Crippen LogP) is 5.12. The molecular formula is C24H29ClN2O2. The highest BCUT2D eigenvalue weighted by molar-refractivity contribution is 6.30. The second kappa shape index (κ2) is 9.19. The topological polar surface area (TPSA) is 41.6 Å². The summed E-state index contributed by atoms with van der Waals surface area (Å²) in [6, 6.07) is 15.8. The highest BCUT2D eigenvalue weighted by atomic mass is 35.5. The summed E-state index contributed by atoms with van der Waals surface area (Å²) in [5, 5.41) is 4.39. The molecule has 1 heterocycles. The largest absolute Gasteiger partial charge is 0.478 e. The number of benzene rings is 2. The number of anilines is 1. The number of β-lactam (4-membered cyclic amide) rings is 1. The summed E-state index contributed by atoms with van der Waals surface area (Å²) < 4.78 is 6.10. The Hall–Kier alpha value is -2.04. The normalized spacial score (nSPS) is 22.8. The van der Waals surface area contributed by atoms with Crippen molar-refractivity contribution in [3.63, 3.8) is 0 Å². The number of nitrogens with zero attached hydrogens (tertiary/aromatic N) is 1. The summed E-state index contributed by atoms with van der Waals surface area (Å²) in [6.07, 6.45) is 7.19. The Bertz CT molecular complexity index is 831. The zero-order chi connectivity index (χ0) is 20.2. The summed E-state index contributed by atoms with van der Waals surface area (Å²) in [6.45, 7) is 2.79. The van der Waals surface area contributed by atoms with E-state index in [1.54, 1.807) is 12.1 Å². The molecule has 0 spiro atoms. The van der Waals surface area contributed by atoms with Gasteiger partial charge in [-0.15, -0.1) is 0 Å². The molecule has 2 aliphatic rings. The van der Waals surface area contributed by atoms with Gasteiger partial charge in [-0.1, -0.05) is 55.5 Å². The number of ether oxygens (including phenoxy) is 1. The summed E-state index contributed by atoms with van der Waals surface area (Å²) in [5.74, 6) is 0.693. The first kappa shape index (κ1) is 20.2. The van der Waals surface area contributed by atoms with E-state index in [4.69, 9.17) is 16.3 Å². The first-order valence-corrected chi connectivity index (χ1v) is 11.1. The predicted molar refractivity (Wildman–Crippen MR) is 118 cm³/mol. The molecule has 2 aromatic carbocycles. The maximum Gasteiger partial charge on any atom is 0.270 e. The van der Waals surface area contributed by atoms with Gasteiger partial charge >= 0.3 is 0 Å². The monoisotopic (exact) mass is 412 g/mol. The second-order valence-corrected chi connectivity index (χ2v) is 8.59. The van der Waals surface area contributed by atoms with Crippen LogP contribution in [0.25, 0.3) is 0 Å². The number of carbonyl (C=O) groups is 1. The molecule has 2 aromatic rings. The van der Waals surface area contributed by atoms with Crippen molar-refractivity contribution >= 4 is 23.2 Å². The maximum absolute atomic E-state index is 13.0. The van der Waals surface area contributed by atoms with E-state index in [1.807, 2.05) is 48.2 Å². The molecular weight excluding hydrogens is 384 g/mol. The fourth-order valence-corrected chi connectivity index (χ4v) is 4.53. The fraction of sp³-hybridized carbons (Fsp3) is 0.458. The maximum atomic E-state index is 13.0. The first-order valence-electron chi connectivity index (χ1n) is 10.7. The number of carbonyl (C=O) groups excluding carboxylic acids is 1. The molecule has 1 aliphatic carbocycles. The summed E-state index contributed by atoms with van der Waals surface area (Å²) in [4.78, 5) is 15.0. The Labute approximate surface area is 178 Å². The third-order valence-electron chi connectivity index (χ3n) is 6.08. The van der Waals surface area contributed by atoms with Crippen molar-refractivity contribution in [1.82, 2.24) is 5.32 Å². The Kier molecular flexibility index (Phi) is 6.41. The standard InChI is InChI=1S/C24H29ClN2O2/c1-17-8-6-7-11-21(17)27-22(16-26-19-9-4-2-3-5-10-19)23(24(27)28)29-20-14-12-18(25)13-15-20/h6-8,11-15,19,22-23,26H,2-5,9-10,16H2,1H3/t22-,23+/m0/s1. The van der Waals surface area contributed by atoms with Gasteiger partial charge in [0.1, 0.15) is 5.75 Å². The van der Waals surface area contributed by atoms with E-state index in [-0.39, 0.29) is 11.9 Å². The molecule has 1 saturated carbocycles. The number of halogens is 1. The molecule has 0 aromatic heterocycles. The third-order valence-corrected chi connectivity index (χ3v) is 6.34. The van der Waals surface area contributed by atoms with Gasteiger partial charge in [0, 0.05) is 23.3 Å². The van der Waals surface area contributed by atoms with Gasteiger partial charge in [-0.3, -0.25) is 4.79 Å². The molecule has 2 atom stereocenters. The van der Waals surface area contributed by atoms with Crippen LogP contribution in [-0.2, 0) is 4.79 Å². The van der Waals surface area contributed by atoms with E-state index < -0.39 is 6.10 Å². The van der Waals surface area contributed by atoms with Gasteiger partial charge in [0.2, 0.25) is 0 Å². The zero-order valence-corrected chi connectivity index (χ0v) is 17.7. The molecule has 1 aliphatic heterocycles. The van der Waals surface area contributed by atoms with Gasteiger partial charge in [-0.25, -0.2) is 0 Å². The number of aryl methyl sites for hydroxylation is 1. The van der Waals surface area contributed by atoms with E-state index in [0.29, 0.717) is 16.8 Å². The van der Waals surface area contributed by atoms with Gasteiger partial charge < -0.3 is 15.0 Å². The minimum atomic E-state index is -0.478. The quantitative estimate of drug-likeness (QED) is 0.528. The van der Waals surface area contributed by atoms with E-state index in [2.05, 4.69) is 5.32 Å². The summed E-state index contributed by atoms with van der Waals surface area (Å²) >= 11 is 5.98. The van der Waals surface area contributed by atoms with Crippen LogP contribution in [0, 0.1) is 6.92 Å². The molecule has 4 nitrogen and oxygen atoms in total. The molecule has 29 heavy (non-hydrogen) atoms. The molecule has 5 heteroatoms. The summed E-state index contributed by atoms with van der Waals surface area (Å²) in [7, 11) is 0. The van der Waals surface area contributed by atoms with Crippen LogP contribution in [0.3, 0.4) is 0 Å². The molecule has 0 unspecified atom stereocenters. The Balaban J connectivity index is 1.50. The van der Waals surface area contributed by atoms with Gasteiger partial charge in [-0.05, 0) is 55.7 Å². The molecule has 1 amide bonds. The number of nitrogens with one attached hydrogen (secondary N) is 1. The van der Waals surface area contributed by atoms with Crippen LogP contribution in [0.2, 0.25) is 5.02 Å². The van der Waals surface area contributed by atoms with Gasteiger partial charge in [0.15, 0.2) is 6.10 Å². The van der Waals surface area contributed by atoms with E-state index in [1.165, 1.54) is 38.5 Å². The van der Waals surface area contributed by atoms with Crippen LogP contribution in [0.4, 0.5) is 5.69 Å². The van der Waals surface area contributed by atoms with E-state index in [0.717, 1.165) is 17.8 Å². The van der Waals surface area contributed by atoms with Crippen molar-refractivity contribution in [2.24, 2.45) is 0 Å². The molecule has 154 valence electrons. The zero-order valence-electron chi connectivity index (χ0n) is 16.9. The van der Waals surface area contributed by atoms with Crippen LogP contribution < -0.4 is 15.0 Å². The number of hydrogen-bond acceptors (Lipinski definition) is 3. The van der Waals surface area contributed by atoms with Crippen LogP contribution >= 0.6 is 11.6 Å². The van der Waals surface area contributed by atoms with Crippen LogP contribution in [0.1, 0.15) is 44.1 Å². The van der Waals surface area contributed by atoms with Crippen molar-refractivity contribution in [2.45, 2.75) is 63.6 Å².